The Morgan fingerprint density at radius 1 is 1.44 bits per heavy atom. The maximum absolute atomic E-state index is 5.98. The SMILES string of the molecule is NC1CSCC1c1nc(-c2cncs2)no1. The molecule has 3 rings (SSSR count). The summed E-state index contributed by atoms with van der Waals surface area (Å²) in [5, 5.41) is 3.96. The van der Waals surface area contributed by atoms with Gasteiger partial charge in [-0.2, -0.15) is 16.7 Å². The monoisotopic (exact) mass is 254 g/mol. The van der Waals surface area contributed by atoms with Crippen LogP contribution in [0.3, 0.4) is 0 Å². The number of nitrogens with two attached hydrogens (primary N) is 1. The number of hydrogen-bond donors (Lipinski definition) is 1. The molecule has 2 atom stereocenters. The van der Waals surface area contributed by atoms with Crippen LogP contribution in [0.2, 0.25) is 0 Å². The first kappa shape index (κ1) is 10.2. The van der Waals surface area contributed by atoms with Crippen LogP contribution in [0.4, 0.5) is 0 Å². The minimum Gasteiger partial charge on any atom is -0.339 e. The summed E-state index contributed by atoms with van der Waals surface area (Å²) in [7, 11) is 0. The van der Waals surface area contributed by atoms with Gasteiger partial charge in [-0.1, -0.05) is 5.16 Å². The Hall–Kier alpha value is -0.920. The van der Waals surface area contributed by atoms with Crippen molar-refractivity contribution >= 4 is 23.1 Å². The Bertz CT molecular complexity index is 470. The molecular formula is C9H10N4OS2. The molecule has 2 aromatic heterocycles. The average Bonchev–Trinajstić information content (AvgIpc) is 2.96. The van der Waals surface area contributed by atoms with Gasteiger partial charge in [0.25, 0.3) is 0 Å². The third-order valence-electron chi connectivity index (χ3n) is 2.54. The molecule has 0 saturated carbocycles. The molecule has 1 aliphatic heterocycles. The number of nitrogens with zero attached hydrogens (tertiary/aromatic N) is 3. The van der Waals surface area contributed by atoms with Crippen LogP contribution >= 0.6 is 23.1 Å². The van der Waals surface area contributed by atoms with Gasteiger partial charge in [0.15, 0.2) is 0 Å². The second kappa shape index (κ2) is 4.15. The van der Waals surface area contributed by atoms with Crippen LogP contribution in [-0.4, -0.2) is 32.7 Å². The first-order chi connectivity index (χ1) is 7.84. The highest BCUT2D eigenvalue weighted by Gasteiger charge is 2.31. The zero-order chi connectivity index (χ0) is 11.0. The van der Waals surface area contributed by atoms with Gasteiger partial charge in [-0.25, -0.2) is 0 Å². The molecule has 0 radical (unpaired) electrons. The number of thiazole rings is 1. The summed E-state index contributed by atoms with van der Waals surface area (Å²) in [4.78, 5) is 9.30. The summed E-state index contributed by atoms with van der Waals surface area (Å²) in [6.07, 6.45) is 1.74. The molecule has 1 saturated heterocycles. The first-order valence-corrected chi connectivity index (χ1v) is 6.94. The Labute approximate surface area is 100 Å². The van der Waals surface area contributed by atoms with E-state index in [1.807, 2.05) is 11.8 Å². The lowest BCUT2D eigenvalue weighted by atomic mass is 10.1. The van der Waals surface area contributed by atoms with E-state index in [1.54, 1.807) is 11.7 Å². The predicted molar refractivity (Wildman–Crippen MR) is 63.4 cm³/mol. The van der Waals surface area contributed by atoms with Crippen molar-refractivity contribution in [1.82, 2.24) is 15.1 Å². The molecule has 5 nitrogen and oxygen atoms in total. The minimum atomic E-state index is 0.125. The fourth-order valence-corrected chi connectivity index (χ4v) is 3.47. The van der Waals surface area contributed by atoms with Crippen LogP contribution in [-0.2, 0) is 0 Å². The molecule has 2 aromatic rings. The van der Waals surface area contributed by atoms with Gasteiger partial charge in [0.1, 0.15) is 0 Å². The average molecular weight is 254 g/mol. The van der Waals surface area contributed by atoms with Gasteiger partial charge in [0, 0.05) is 23.7 Å². The van der Waals surface area contributed by atoms with E-state index >= 15 is 0 Å². The Kier molecular flexibility index (Phi) is 2.66. The fraction of sp³-hybridized carbons (Fsp3) is 0.444. The van der Waals surface area contributed by atoms with Crippen molar-refractivity contribution in [2.75, 3.05) is 11.5 Å². The van der Waals surface area contributed by atoms with E-state index in [0.717, 1.165) is 16.4 Å². The van der Waals surface area contributed by atoms with Crippen molar-refractivity contribution in [3.8, 4) is 10.7 Å². The lowest BCUT2D eigenvalue weighted by Gasteiger charge is -2.07. The lowest BCUT2D eigenvalue weighted by Crippen LogP contribution is -2.26. The molecule has 3 heterocycles. The molecule has 0 bridgehead atoms. The first-order valence-electron chi connectivity index (χ1n) is 4.90. The highest BCUT2D eigenvalue weighted by molar-refractivity contribution is 7.99. The largest absolute Gasteiger partial charge is 0.339 e. The minimum absolute atomic E-state index is 0.125. The highest BCUT2D eigenvalue weighted by Crippen LogP contribution is 2.32. The van der Waals surface area contributed by atoms with Gasteiger partial charge in [-0.3, -0.25) is 4.98 Å². The smallest absolute Gasteiger partial charge is 0.232 e. The highest BCUT2D eigenvalue weighted by atomic mass is 32.2. The van der Waals surface area contributed by atoms with Crippen molar-refractivity contribution in [1.29, 1.82) is 0 Å². The summed E-state index contributed by atoms with van der Waals surface area (Å²) in [5.74, 6) is 3.38. The second-order valence-electron chi connectivity index (χ2n) is 3.63. The van der Waals surface area contributed by atoms with Crippen LogP contribution in [0.15, 0.2) is 16.2 Å². The van der Waals surface area contributed by atoms with Crippen LogP contribution in [0.25, 0.3) is 10.7 Å². The summed E-state index contributed by atoms with van der Waals surface area (Å²) < 4.78 is 5.27. The molecule has 7 heteroatoms. The molecular weight excluding hydrogens is 244 g/mol. The number of thioether (sulfide) groups is 1. The maximum Gasteiger partial charge on any atom is 0.232 e. The van der Waals surface area contributed by atoms with E-state index in [0.29, 0.717) is 11.7 Å². The molecule has 1 fully saturated rings. The molecule has 84 valence electrons. The quantitative estimate of drug-likeness (QED) is 0.871. The number of hydrogen-bond acceptors (Lipinski definition) is 7. The summed E-state index contributed by atoms with van der Waals surface area (Å²) in [5.41, 5.74) is 7.73. The van der Waals surface area contributed by atoms with Crippen LogP contribution < -0.4 is 5.73 Å². The van der Waals surface area contributed by atoms with Crippen molar-refractivity contribution < 1.29 is 4.52 Å². The Morgan fingerprint density at radius 2 is 2.38 bits per heavy atom. The van der Waals surface area contributed by atoms with Gasteiger partial charge in [0.05, 0.1) is 16.3 Å². The number of rotatable bonds is 2. The third-order valence-corrected chi connectivity index (χ3v) is 4.52. The normalized spacial score (nSPS) is 25.1. The molecule has 0 aliphatic carbocycles. The lowest BCUT2D eigenvalue weighted by molar-refractivity contribution is 0.353. The van der Waals surface area contributed by atoms with E-state index in [9.17, 15) is 0 Å². The zero-order valence-electron chi connectivity index (χ0n) is 8.37. The molecule has 16 heavy (non-hydrogen) atoms. The van der Waals surface area contributed by atoms with Crippen LogP contribution in [0, 0.1) is 0 Å². The molecule has 0 amide bonds. The van der Waals surface area contributed by atoms with Crippen molar-refractivity contribution in [3.05, 3.63) is 17.6 Å². The van der Waals surface area contributed by atoms with Gasteiger partial charge in [0.2, 0.25) is 11.7 Å². The van der Waals surface area contributed by atoms with Crippen LogP contribution in [0.5, 0.6) is 0 Å². The maximum atomic E-state index is 5.98. The summed E-state index contributed by atoms with van der Waals surface area (Å²) in [6.45, 7) is 0. The third kappa shape index (κ3) is 1.74. The summed E-state index contributed by atoms with van der Waals surface area (Å²) in [6, 6.07) is 0.125. The molecule has 2 N–H and O–H groups in total. The predicted octanol–water partition coefficient (Wildman–Crippen LogP) is 1.35. The second-order valence-corrected chi connectivity index (χ2v) is 5.59. The fourth-order valence-electron chi connectivity index (χ4n) is 1.64. The topological polar surface area (TPSA) is 77.8 Å². The molecule has 0 aromatic carbocycles. The van der Waals surface area contributed by atoms with Crippen molar-refractivity contribution in [2.45, 2.75) is 12.0 Å². The van der Waals surface area contributed by atoms with Gasteiger partial charge >= 0.3 is 0 Å². The van der Waals surface area contributed by atoms with E-state index < -0.39 is 0 Å². The Balaban J connectivity index is 1.88. The van der Waals surface area contributed by atoms with Gasteiger partial charge < -0.3 is 10.3 Å². The van der Waals surface area contributed by atoms with Crippen LogP contribution in [0.1, 0.15) is 11.8 Å². The Morgan fingerprint density at radius 3 is 3.06 bits per heavy atom. The zero-order valence-corrected chi connectivity index (χ0v) is 10.0. The van der Waals surface area contributed by atoms with Gasteiger partial charge in [-0.15, -0.1) is 11.3 Å². The van der Waals surface area contributed by atoms with Crippen molar-refractivity contribution in [3.63, 3.8) is 0 Å². The molecule has 0 spiro atoms. The van der Waals surface area contributed by atoms with E-state index in [2.05, 4.69) is 15.1 Å². The molecule has 2 unspecified atom stereocenters. The standard InChI is InChI=1S/C9H10N4OS2/c10-6-3-15-2-5(6)9-12-8(13-14-9)7-1-11-4-16-7/h1,4-6H,2-3,10H2. The summed E-state index contributed by atoms with van der Waals surface area (Å²) >= 11 is 3.33. The van der Waals surface area contributed by atoms with E-state index in [1.165, 1.54) is 11.3 Å². The van der Waals surface area contributed by atoms with Crippen molar-refractivity contribution in [2.24, 2.45) is 5.73 Å². The van der Waals surface area contributed by atoms with E-state index in [-0.39, 0.29) is 12.0 Å². The van der Waals surface area contributed by atoms with Gasteiger partial charge in [-0.05, 0) is 0 Å². The molecule has 1 aliphatic rings. The number of aromatic nitrogens is 3. The van der Waals surface area contributed by atoms with E-state index in [4.69, 9.17) is 10.3 Å².